The molecule has 0 aliphatic rings. The Bertz CT molecular complexity index is 884. The molecule has 2 N–H and O–H groups in total. The number of hydrogen-bond acceptors (Lipinski definition) is 5. The van der Waals surface area contributed by atoms with Crippen LogP contribution in [-0.2, 0) is 13.1 Å². The first kappa shape index (κ1) is 17.8. The minimum Gasteiger partial charge on any atom is -0.366 e. The van der Waals surface area contributed by atoms with Crippen molar-refractivity contribution in [2.24, 2.45) is 0 Å². The number of anilines is 1. The second-order valence-electron chi connectivity index (χ2n) is 5.71. The molecule has 0 atom stereocenters. The lowest BCUT2D eigenvalue weighted by Gasteiger charge is -2.09. The van der Waals surface area contributed by atoms with E-state index in [1.165, 1.54) is 0 Å². The first-order valence-electron chi connectivity index (χ1n) is 8.11. The van der Waals surface area contributed by atoms with Gasteiger partial charge in [0.1, 0.15) is 17.3 Å². The Balaban J connectivity index is 1.64. The molecular formula is C19H18ClN5O. The molecule has 1 amide bonds. The summed E-state index contributed by atoms with van der Waals surface area (Å²) >= 11 is 5.89. The Morgan fingerprint density at radius 3 is 2.62 bits per heavy atom. The van der Waals surface area contributed by atoms with Gasteiger partial charge in [-0.25, -0.2) is 9.97 Å². The molecule has 1 aromatic carbocycles. The Labute approximate surface area is 156 Å². The lowest BCUT2D eigenvalue weighted by molar-refractivity contribution is 0.0945. The Hall–Kier alpha value is -2.99. The van der Waals surface area contributed by atoms with Crippen LogP contribution in [0.25, 0.3) is 0 Å². The molecular weight excluding hydrogens is 350 g/mol. The zero-order valence-corrected chi connectivity index (χ0v) is 15.0. The molecule has 0 saturated heterocycles. The molecule has 0 fully saturated rings. The van der Waals surface area contributed by atoms with Gasteiger partial charge < -0.3 is 10.6 Å². The van der Waals surface area contributed by atoms with E-state index in [-0.39, 0.29) is 5.91 Å². The van der Waals surface area contributed by atoms with Crippen LogP contribution < -0.4 is 10.6 Å². The van der Waals surface area contributed by atoms with Crippen LogP contribution in [0.2, 0.25) is 5.02 Å². The van der Waals surface area contributed by atoms with Crippen molar-refractivity contribution in [3.63, 3.8) is 0 Å². The number of nitrogens with one attached hydrogen (secondary N) is 2. The van der Waals surface area contributed by atoms with E-state index in [1.807, 2.05) is 36.4 Å². The van der Waals surface area contributed by atoms with E-state index in [4.69, 9.17) is 11.6 Å². The normalized spacial score (nSPS) is 10.4. The molecule has 26 heavy (non-hydrogen) atoms. The average molecular weight is 368 g/mol. The van der Waals surface area contributed by atoms with Crippen molar-refractivity contribution < 1.29 is 4.79 Å². The van der Waals surface area contributed by atoms with Crippen LogP contribution in [0.4, 0.5) is 5.82 Å². The highest BCUT2D eigenvalue weighted by Crippen LogP contribution is 2.12. The first-order valence-corrected chi connectivity index (χ1v) is 8.49. The molecule has 0 radical (unpaired) electrons. The maximum Gasteiger partial charge on any atom is 0.270 e. The van der Waals surface area contributed by atoms with Gasteiger partial charge in [-0.1, -0.05) is 29.8 Å². The third kappa shape index (κ3) is 5.00. The standard InChI is InChI=1S/C19H18ClN5O/c1-13-24-17(19(26)23-12-15-3-2-8-21-10-15)9-18(25-13)22-11-14-4-6-16(20)7-5-14/h2-10H,11-12H2,1H3,(H,23,26)(H,22,24,25). The Morgan fingerprint density at radius 1 is 1.08 bits per heavy atom. The minimum atomic E-state index is -0.256. The van der Waals surface area contributed by atoms with Crippen LogP contribution in [0.15, 0.2) is 54.9 Å². The second-order valence-corrected chi connectivity index (χ2v) is 6.15. The molecule has 3 rings (SSSR count). The van der Waals surface area contributed by atoms with Crippen molar-refractivity contribution in [3.05, 3.63) is 82.5 Å². The largest absolute Gasteiger partial charge is 0.366 e. The number of carbonyl (C=O) groups is 1. The van der Waals surface area contributed by atoms with Gasteiger partial charge in [-0.2, -0.15) is 0 Å². The number of benzene rings is 1. The summed E-state index contributed by atoms with van der Waals surface area (Å²) in [5.41, 5.74) is 2.31. The number of aromatic nitrogens is 3. The number of halogens is 1. The molecule has 0 bridgehead atoms. The molecule has 3 aromatic rings. The summed E-state index contributed by atoms with van der Waals surface area (Å²) in [6.45, 7) is 2.72. The van der Waals surface area contributed by atoms with Gasteiger partial charge in [-0.15, -0.1) is 0 Å². The highest BCUT2D eigenvalue weighted by molar-refractivity contribution is 6.30. The van der Waals surface area contributed by atoms with Gasteiger partial charge in [-0.05, 0) is 36.2 Å². The van der Waals surface area contributed by atoms with Crippen molar-refractivity contribution in [1.29, 1.82) is 0 Å². The summed E-state index contributed by atoms with van der Waals surface area (Å²) in [5, 5.41) is 6.74. The van der Waals surface area contributed by atoms with E-state index in [1.54, 1.807) is 25.4 Å². The summed E-state index contributed by atoms with van der Waals surface area (Å²) < 4.78 is 0. The van der Waals surface area contributed by atoms with Crippen molar-refractivity contribution in [2.75, 3.05) is 5.32 Å². The number of amides is 1. The third-order valence-electron chi connectivity index (χ3n) is 3.63. The van der Waals surface area contributed by atoms with Crippen LogP contribution >= 0.6 is 11.6 Å². The van der Waals surface area contributed by atoms with Crippen molar-refractivity contribution in [1.82, 2.24) is 20.3 Å². The van der Waals surface area contributed by atoms with E-state index in [9.17, 15) is 4.79 Å². The van der Waals surface area contributed by atoms with Gasteiger partial charge in [0.25, 0.3) is 5.91 Å². The van der Waals surface area contributed by atoms with Gasteiger partial charge in [0.15, 0.2) is 0 Å². The number of rotatable bonds is 6. The first-order chi connectivity index (χ1) is 12.6. The van der Waals surface area contributed by atoms with Crippen LogP contribution in [0.3, 0.4) is 0 Å². The number of nitrogens with zero attached hydrogens (tertiary/aromatic N) is 3. The maximum atomic E-state index is 12.4. The quantitative estimate of drug-likeness (QED) is 0.698. The fourth-order valence-electron chi connectivity index (χ4n) is 2.35. The summed E-state index contributed by atoms with van der Waals surface area (Å²) in [5.74, 6) is 0.866. The fourth-order valence-corrected chi connectivity index (χ4v) is 2.47. The summed E-state index contributed by atoms with van der Waals surface area (Å²) in [7, 11) is 0. The molecule has 0 aliphatic heterocycles. The second kappa shape index (κ2) is 8.40. The van der Waals surface area contributed by atoms with Crippen molar-refractivity contribution in [2.45, 2.75) is 20.0 Å². The predicted octanol–water partition coefficient (Wildman–Crippen LogP) is 3.38. The van der Waals surface area contributed by atoms with Gasteiger partial charge in [0.05, 0.1) is 0 Å². The molecule has 0 aliphatic carbocycles. The van der Waals surface area contributed by atoms with Crippen LogP contribution in [-0.4, -0.2) is 20.9 Å². The topological polar surface area (TPSA) is 79.8 Å². The van der Waals surface area contributed by atoms with E-state index in [0.717, 1.165) is 11.1 Å². The lowest BCUT2D eigenvalue weighted by atomic mass is 10.2. The molecule has 2 aromatic heterocycles. The Kier molecular flexibility index (Phi) is 5.76. The predicted molar refractivity (Wildman–Crippen MR) is 101 cm³/mol. The van der Waals surface area contributed by atoms with Gasteiger partial charge in [0, 0.05) is 36.6 Å². The van der Waals surface area contributed by atoms with E-state index >= 15 is 0 Å². The van der Waals surface area contributed by atoms with Crippen LogP contribution in [0.1, 0.15) is 27.4 Å². The highest BCUT2D eigenvalue weighted by Gasteiger charge is 2.10. The number of pyridine rings is 1. The highest BCUT2D eigenvalue weighted by atomic mass is 35.5. The van der Waals surface area contributed by atoms with Crippen LogP contribution in [0, 0.1) is 6.92 Å². The van der Waals surface area contributed by atoms with Crippen molar-refractivity contribution in [3.8, 4) is 0 Å². The van der Waals surface area contributed by atoms with E-state index in [2.05, 4.69) is 25.6 Å². The fraction of sp³-hybridized carbons (Fsp3) is 0.158. The molecule has 2 heterocycles. The monoisotopic (exact) mass is 367 g/mol. The van der Waals surface area contributed by atoms with Gasteiger partial charge in [0.2, 0.25) is 0 Å². The smallest absolute Gasteiger partial charge is 0.270 e. The molecule has 0 saturated carbocycles. The molecule has 132 valence electrons. The third-order valence-corrected chi connectivity index (χ3v) is 3.89. The lowest BCUT2D eigenvalue weighted by Crippen LogP contribution is -2.24. The Morgan fingerprint density at radius 2 is 1.88 bits per heavy atom. The number of hydrogen-bond donors (Lipinski definition) is 2. The average Bonchev–Trinajstić information content (AvgIpc) is 2.66. The maximum absolute atomic E-state index is 12.4. The number of carbonyl (C=O) groups excluding carboxylic acids is 1. The zero-order chi connectivity index (χ0) is 18.4. The van der Waals surface area contributed by atoms with E-state index < -0.39 is 0 Å². The molecule has 7 heteroatoms. The molecule has 0 unspecified atom stereocenters. The van der Waals surface area contributed by atoms with E-state index in [0.29, 0.717) is 35.4 Å². The molecule has 6 nitrogen and oxygen atoms in total. The van der Waals surface area contributed by atoms with Crippen molar-refractivity contribution >= 4 is 23.3 Å². The van der Waals surface area contributed by atoms with Crippen LogP contribution in [0.5, 0.6) is 0 Å². The van der Waals surface area contributed by atoms with Gasteiger partial charge in [-0.3, -0.25) is 9.78 Å². The summed E-state index contributed by atoms with van der Waals surface area (Å²) in [6.07, 6.45) is 3.41. The number of aryl methyl sites for hydroxylation is 1. The molecule has 0 spiro atoms. The zero-order valence-electron chi connectivity index (χ0n) is 14.2. The summed E-state index contributed by atoms with van der Waals surface area (Å²) in [4.78, 5) is 24.9. The summed E-state index contributed by atoms with van der Waals surface area (Å²) in [6, 6.07) is 12.9. The SMILES string of the molecule is Cc1nc(NCc2ccc(Cl)cc2)cc(C(=O)NCc2cccnc2)n1. The van der Waals surface area contributed by atoms with Gasteiger partial charge >= 0.3 is 0 Å². The minimum absolute atomic E-state index is 0.256.